The van der Waals surface area contributed by atoms with Crippen molar-refractivity contribution in [1.82, 2.24) is 20.0 Å². The van der Waals surface area contributed by atoms with Crippen LogP contribution >= 0.6 is 0 Å². The van der Waals surface area contributed by atoms with Gasteiger partial charge in [-0.3, -0.25) is 10.2 Å². The number of aliphatic hydroxyl groups excluding tert-OH is 1. The van der Waals surface area contributed by atoms with E-state index in [2.05, 4.69) is 20.4 Å². The van der Waals surface area contributed by atoms with Crippen molar-refractivity contribution in [1.29, 1.82) is 5.41 Å². The minimum Gasteiger partial charge on any atom is -0.384 e. The van der Waals surface area contributed by atoms with Crippen LogP contribution in [-0.2, 0) is 0 Å². The minimum atomic E-state index is -1.05. The number of nitrogens with two attached hydrogens (primary N) is 1. The number of carbonyl (C=O) groups is 1. The van der Waals surface area contributed by atoms with Crippen LogP contribution in [0.5, 0.6) is 0 Å². The number of anilines is 1. The molecular weight excluding hydrogens is 422 g/mol. The number of rotatable bonds is 6. The summed E-state index contributed by atoms with van der Waals surface area (Å²) in [7, 11) is 0. The van der Waals surface area contributed by atoms with E-state index in [-0.39, 0.29) is 18.3 Å². The van der Waals surface area contributed by atoms with E-state index in [1.807, 2.05) is 24.3 Å². The molecule has 33 heavy (non-hydrogen) atoms. The van der Waals surface area contributed by atoms with Gasteiger partial charge in [0.25, 0.3) is 5.91 Å². The van der Waals surface area contributed by atoms with E-state index in [4.69, 9.17) is 15.7 Å². The number of benzene rings is 2. The third-order valence-corrected chi connectivity index (χ3v) is 5.63. The fourth-order valence-corrected chi connectivity index (χ4v) is 3.95. The van der Waals surface area contributed by atoms with Crippen molar-refractivity contribution < 1.29 is 14.4 Å². The number of aliphatic hydroxyl groups is 1. The van der Waals surface area contributed by atoms with Crippen LogP contribution in [0.25, 0.3) is 22.2 Å². The van der Waals surface area contributed by atoms with Crippen LogP contribution in [0.3, 0.4) is 0 Å². The Morgan fingerprint density at radius 3 is 2.88 bits per heavy atom. The lowest BCUT2D eigenvalue weighted by Crippen LogP contribution is -2.32. The maximum Gasteiger partial charge on any atom is 0.256 e. The molecule has 10 nitrogen and oxygen atoms in total. The molecule has 1 aliphatic heterocycles. The van der Waals surface area contributed by atoms with Crippen molar-refractivity contribution >= 4 is 28.3 Å². The molecule has 1 aliphatic rings. The largest absolute Gasteiger partial charge is 0.384 e. The second-order valence-electron chi connectivity index (χ2n) is 7.75. The van der Waals surface area contributed by atoms with Crippen LogP contribution in [0.2, 0.25) is 0 Å². The molecule has 3 heterocycles. The number of amidine groups is 1. The molecule has 2 aromatic heterocycles. The second-order valence-corrected chi connectivity index (χ2v) is 7.75. The van der Waals surface area contributed by atoms with E-state index in [0.29, 0.717) is 40.8 Å². The van der Waals surface area contributed by atoms with Crippen LogP contribution in [-0.4, -0.2) is 50.0 Å². The van der Waals surface area contributed by atoms with Gasteiger partial charge in [-0.1, -0.05) is 29.4 Å². The van der Waals surface area contributed by atoms with Crippen molar-refractivity contribution in [3.05, 3.63) is 71.2 Å². The number of nitrogens with zero attached hydrogens (tertiary/aromatic N) is 4. The SMILES string of the molecule is Cc1nc(-c2ccc3ccnc(NCCN4C(=O)c5cc(C(=N)N)ccc5C4O)c3c2)no1. The lowest BCUT2D eigenvalue weighted by atomic mass is 10.1. The summed E-state index contributed by atoms with van der Waals surface area (Å²) in [6.45, 7) is 2.36. The monoisotopic (exact) mass is 443 g/mol. The van der Waals surface area contributed by atoms with Crippen LogP contribution < -0.4 is 11.1 Å². The predicted octanol–water partition coefficient (Wildman–Crippen LogP) is 2.44. The molecule has 0 radical (unpaired) electrons. The molecule has 10 heteroatoms. The first kappa shape index (κ1) is 20.6. The fraction of sp³-hybridized carbons (Fsp3) is 0.174. The first-order valence-electron chi connectivity index (χ1n) is 10.3. The van der Waals surface area contributed by atoms with Crippen LogP contribution in [0.4, 0.5) is 5.82 Å². The van der Waals surface area contributed by atoms with E-state index in [0.717, 1.165) is 16.3 Å². The van der Waals surface area contributed by atoms with Gasteiger partial charge in [0.1, 0.15) is 11.7 Å². The lowest BCUT2D eigenvalue weighted by molar-refractivity contribution is 0.0196. The summed E-state index contributed by atoms with van der Waals surface area (Å²) in [6.07, 6.45) is 0.654. The number of amides is 1. The predicted molar refractivity (Wildman–Crippen MR) is 122 cm³/mol. The van der Waals surface area contributed by atoms with Gasteiger partial charge in [-0.05, 0) is 23.6 Å². The maximum atomic E-state index is 12.8. The summed E-state index contributed by atoms with van der Waals surface area (Å²) in [5.41, 5.74) is 7.64. The number of nitrogen functional groups attached to an aromatic ring is 1. The van der Waals surface area contributed by atoms with Crippen LogP contribution in [0, 0.1) is 12.3 Å². The van der Waals surface area contributed by atoms with Gasteiger partial charge in [0.05, 0.1) is 0 Å². The zero-order valence-corrected chi connectivity index (χ0v) is 17.7. The Bertz CT molecular complexity index is 1400. The molecule has 166 valence electrons. The zero-order valence-electron chi connectivity index (χ0n) is 17.7. The fourth-order valence-electron chi connectivity index (χ4n) is 3.95. The number of hydrogen-bond donors (Lipinski definition) is 4. The molecule has 1 unspecified atom stereocenters. The average Bonchev–Trinajstić information content (AvgIpc) is 3.35. The smallest absolute Gasteiger partial charge is 0.256 e. The van der Waals surface area contributed by atoms with E-state index in [1.165, 1.54) is 4.90 Å². The highest BCUT2D eigenvalue weighted by Gasteiger charge is 2.35. The summed E-state index contributed by atoms with van der Waals surface area (Å²) in [5, 5.41) is 27.3. The molecule has 0 fully saturated rings. The number of fused-ring (bicyclic) bond motifs is 2. The number of pyridine rings is 1. The van der Waals surface area contributed by atoms with Gasteiger partial charge in [0.2, 0.25) is 11.7 Å². The van der Waals surface area contributed by atoms with Gasteiger partial charge in [-0.25, -0.2) is 4.98 Å². The number of nitrogens with one attached hydrogen (secondary N) is 2. The number of carbonyl (C=O) groups excluding carboxylic acids is 1. The molecule has 0 saturated carbocycles. The van der Waals surface area contributed by atoms with E-state index in [1.54, 1.807) is 31.3 Å². The molecule has 0 aliphatic carbocycles. The van der Waals surface area contributed by atoms with Crippen LogP contribution in [0.15, 0.2) is 53.2 Å². The van der Waals surface area contributed by atoms with Crippen molar-refractivity contribution in [2.75, 3.05) is 18.4 Å². The first-order valence-corrected chi connectivity index (χ1v) is 10.3. The molecule has 0 bridgehead atoms. The van der Waals surface area contributed by atoms with Crippen molar-refractivity contribution in [3.63, 3.8) is 0 Å². The van der Waals surface area contributed by atoms with Gasteiger partial charge < -0.3 is 25.6 Å². The first-order chi connectivity index (χ1) is 15.9. The molecular formula is C23H21N7O3. The molecule has 5 rings (SSSR count). The van der Waals surface area contributed by atoms with Gasteiger partial charge in [-0.15, -0.1) is 0 Å². The Hall–Kier alpha value is -4.31. The van der Waals surface area contributed by atoms with Crippen molar-refractivity contribution in [3.8, 4) is 11.4 Å². The number of aryl methyl sites for hydroxylation is 1. The summed E-state index contributed by atoms with van der Waals surface area (Å²) < 4.78 is 5.08. The van der Waals surface area contributed by atoms with E-state index >= 15 is 0 Å². The van der Waals surface area contributed by atoms with Gasteiger partial charge in [-0.2, -0.15) is 4.98 Å². The molecule has 0 spiro atoms. The normalized spacial score (nSPS) is 15.2. The Kier molecular flexibility index (Phi) is 4.98. The summed E-state index contributed by atoms with van der Waals surface area (Å²) in [6, 6.07) is 12.5. The Balaban J connectivity index is 1.34. The van der Waals surface area contributed by atoms with E-state index in [9.17, 15) is 9.90 Å². The lowest BCUT2D eigenvalue weighted by Gasteiger charge is -2.21. The molecule has 1 amide bonds. The molecule has 4 aromatic rings. The Morgan fingerprint density at radius 1 is 1.27 bits per heavy atom. The average molecular weight is 443 g/mol. The van der Waals surface area contributed by atoms with Gasteiger partial charge >= 0.3 is 0 Å². The molecule has 2 aromatic carbocycles. The van der Waals surface area contributed by atoms with Crippen LogP contribution in [0.1, 0.15) is 33.6 Å². The molecule has 0 saturated heterocycles. The quantitative estimate of drug-likeness (QED) is 0.262. The molecule has 1 atom stereocenters. The second kappa shape index (κ2) is 7.99. The summed E-state index contributed by atoms with van der Waals surface area (Å²) in [5.74, 6) is 1.20. The maximum absolute atomic E-state index is 12.8. The molecule has 5 N–H and O–H groups in total. The van der Waals surface area contributed by atoms with E-state index < -0.39 is 6.23 Å². The topological polar surface area (TPSA) is 154 Å². The third-order valence-electron chi connectivity index (χ3n) is 5.63. The van der Waals surface area contributed by atoms with Crippen molar-refractivity contribution in [2.45, 2.75) is 13.2 Å². The number of hydrogen-bond acceptors (Lipinski definition) is 8. The zero-order chi connectivity index (χ0) is 23.1. The summed E-state index contributed by atoms with van der Waals surface area (Å²) in [4.78, 5) is 22.9. The highest BCUT2D eigenvalue weighted by atomic mass is 16.5. The van der Waals surface area contributed by atoms with Gasteiger partial charge in [0, 0.05) is 53.9 Å². The Morgan fingerprint density at radius 2 is 2.12 bits per heavy atom. The summed E-state index contributed by atoms with van der Waals surface area (Å²) >= 11 is 0. The highest BCUT2D eigenvalue weighted by molar-refractivity contribution is 6.03. The van der Waals surface area contributed by atoms with Crippen molar-refractivity contribution in [2.24, 2.45) is 5.73 Å². The van der Waals surface area contributed by atoms with Gasteiger partial charge in [0.15, 0.2) is 6.23 Å². The highest BCUT2D eigenvalue weighted by Crippen LogP contribution is 2.32. The minimum absolute atomic E-state index is 0.127. The number of aromatic nitrogens is 3. The third kappa shape index (κ3) is 3.66. The Labute approximate surface area is 188 Å². The standard InChI is InChI=1S/C23H21N7O3/c1-12-28-20(29-33-12)15-3-2-13-6-7-26-21(17(13)11-15)27-8-9-30-22(31)16-5-4-14(19(24)25)10-18(16)23(30)32/h2-7,10-11,22,31H,8-9H2,1H3,(H3,24,25)(H,26,27).